The van der Waals surface area contributed by atoms with Gasteiger partial charge in [0.05, 0.1) is 11.7 Å². The van der Waals surface area contributed by atoms with Crippen LogP contribution in [0.25, 0.3) is 0 Å². The van der Waals surface area contributed by atoms with E-state index >= 15 is 0 Å². The Balaban J connectivity index is 1.58. The molecule has 1 atom stereocenters. The molecule has 0 aliphatic carbocycles. The van der Waals surface area contributed by atoms with Crippen LogP contribution in [0.3, 0.4) is 0 Å². The van der Waals surface area contributed by atoms with Crippen molar-refractivity contribution in [3.8, 4) is 0 Å². The van der Waals surface area contributed by atoms with Crippen molar-refractivity contribution in [3.63, 3.8) is 0 Å². The van der Waals surface area contributed by atoms with Gasteiger partial charge in [-0.25, -0.2) is 4.68 Å². The minimum absolute atomic E-state index is 0.0211. The van der Waals surface area contributed by atoms with Gasteiger partial charge in [-0.3, -0.25) is 9.69 Å². The molecule has 1 aliphatic heterocycles. The van der Waals surface area contributed by atoms with Gasteiger partial charge in [0, 0.05) is 12.6 Å². The predicted molar refractivity (Wildman–Crippen MR) is 80.2 cm³/mol. The highest BCUT2D eigenvalue weighted by Crippen LogP contribution is 2.25. The molecule has 7 heteroatoms. The lowest BCUT2D eigenvalue weighted by molar-refractivity contribution is 0.112. The van der Waals surface area contributed by atoms with E-state index in [1.54, 1.807) is 16.8 Å². The number of aryl methyl sites for hydroxylation is 1. The SMILES string of the molecule is Cc1ccc(=O)n(CC2CCN(C(C)c3ncno3)CC2)n1. The summed E-state index contributed by atoms with van der Waals surface area (Å²) < 4.78 is 6.74. The molecule has 0 N–H and O–H groups in total. The Morgan fingerprint density at radius 1 is 1.36 bits per heavy atom. The fourth-order valence-electron chi connectivity index (χ4n) is 2.97. The molecule has 1 unspecified atom stereocenters. The monoisotopic (exact) mass is 303 g/mol. The third kappa shape index (κ3) is 3.24. The number of likely N-dealkylation sites (tertiary alicyclic amines) is 1. The summed E-state index contributed by atoms with van der Waals surface area (Å²) in [4.78, 5) is 18.3. The molecule has 1 fully saturated rings. The smallest absolute Gasteiger partial charge is 0.266 e. The first-order valence-corrected chi connectivity index (χ1v) is 7.69. The van der Waals surface area contributed by atoms with Crippen molar-refractivity contribution in [3.05, 3.63) is 40.4 Å². The van der Waals surface area contributed by atoms with Crippen LogP contribution in [0.4, 0.5) is 0 Å². The number of nitrogens with zero attached hydrogens (tertiary/aromatic N) is 5. The van der Waals surface area contributed by atoms with E-state index in [1.807, 2.05) is 6.92 Å². The fourth-order valence-corrected chi connectivity index (χ4v) is 2.97. The summed E-state index contributed by atoms with van der Waals surface area (Å²) in [6, 6.07) is 3.49. The van der Waals surface area contributed by atoms with Crippen LogP contribution in [-0.2, 0) is 6.54 Å². The molecule has 3 rings (SSSR count). The molecule has 2 aromatic heterocycles. The molecule has 1 saturated heterocycles. The Bertz CT molecular complexity index is 659. The summed E-state index contributed by atoms with van der Waals surface area (Å²) in [7, 11) is 0. The Hall–Kier alpha value is -2.02. The lowest BCUT2D eigenvalue weighted by atomic mass is 9.96. The van der Waals surface area contributed by atoms with Crippen molar-refractivity contribution in [1.82, 2.24) is 24.8 Å². The van der Waals surface area contributed by atoms with Crippen LogP contribution in [0.5, 0.6) is 0 Å². The van der Waals surface area contributed by atoms with Crippen LogP contribution in [0.15, 0.2) is 27.8 Å². The highest BCUT2D eigenvalue weighted by atomic mass is 16.5. The van der Waals surface area contributed by atoms with Gasteiger partial charge in [-0.1, -0.05) is 5.16 Å². The zero-order valence-corrected chi connectivity index (χ0v) is 13.0. The highest BCUT2D eigenvalue weighted by molar-refractivity contribution is 4.97. The lowest BCUT2D eigenvalue weighted by Gasteiger charge is -2.34. The van der Waals surface area contributed by atoms with Crippen LogP contribution >= 0.6 is 0 Å². The molecule has 0 amide bonds. The Morgan fingerprint density at radius 3 is 2.82 bits per heavy atom. The quantitative estimate of drug-likeness (QED) is 0.850. The van der Waals surface area contributed by atoms with Crippen LogP contribution in [-0.4, -0.2) is 37.9 Å². The molecule has 0 aromatic carbocycles. The third-order valence-corrected chi connectivity index (χ3v) is 4.36. The third-order valence-electron chi connectivity index (χ3n) is 4.36. The van der Waals surface area contributed by atoms with Gasteiger partial charge in [-0.2, -0.15) is 10.1 Å². The maximum absolute atomic E-state index is 11.8. The largest absolute Gasteiger partial charge is 0.338 e. The molecule has 0 saturated carbocycles. The molecule has 7 nitrogen and oxygen atoms in total. The first kappa shape index (κ1) is 14.9. The van der Waals surface area contributed by atoms with E-state index in [1.165, 1.54) is 6.33 Å². The van der Waals surface area contributed by atoms with Crippen LogP contribution in [0.2, 0.25) is 0 Å². The summed E-state index contributed by atoms with van der Waals surface area (Å²) in [5, 5.41) is 7.99. The normalized spacial score (nSPS) is 18.5. The molecule has 0 radical (unpaired) electrons. The van der Waals surface area contributed by atoms with Crippen LogP contribution in [0, 0.1) is 12.8 Å². The molecule has 22 heavy (non-hydrogen) atoms. The summed E-state index contributed by atoms with van der Waals surface area (Å²) in [5.41, 5.74) is 0.856. The van der Waals surface area contributed by atoms with E-state index in [4.69, 9.17) is 4.52 Å². The van der Waals surface area contributed by atoms with Crippen molar-refractivity contribution >= 4 is 0 Å². The minimum Gasteiger partial charge on any atom is -0.338 e. The Kier molecular flexibility index (Phi) is 4.33. The topological polar surface area (TPSA) is 77.0 Å². The zero-order chi connectivity index (χ0) is 15.5. The maximum atomic E-state index is 11.8. The number of rotatable bonds is 4. The van der Waals surface area contributed by atoms with Gasteiger partial charge in [0.15, 0.2) is 6.33 Å². The molecule has 2 aromatic rings. The molecule has 0 spiro atoms. The van der Waals surface area contributed by atoms with E-state index < -0.39 is 0 Å². The molecular formula is C15H21N5O2. The number of hydrogen-bond donors (Lipinski definition) is 0. The number of aromatic nitrogens is 4. The summed E-state index contributed by atoms with van der Waals surface area (Å²) >= 11 is 0. The van der Waals surface area contributed by atoms with Crippen molar-refractivity contribution in [2.75, 3.05) is 13.1 Å². The van der Waals surface area contributed by atoms with Gasteiger partial charge in [-0.15, -0.1) is 0 Å². The van der Waals surface area contributed by atoms with Gasteiger partial charge in [0.2, 0.25) is 5.89 Å². The van der Waals surface area contributed by atoms with E-state index in [0.717, 1.165) is 31.6 Å². The summed E-state index contributed by atoms with van der Waals surface area (Å²) in [6.45, 7) is 6.62. The van der Waals surface area contributed by atoms with E-state index in [-0.39, 0.29) is 11.6 Å². The van der Waals surface area contributed by atoms with E-state index in [2.05, 4.69) is 27.1 Å². The first-order valence-electron chi connectivity index (χ1n) is 7.69. The molecule has 3 heterocycles. The Morgan fingerprint density at radius 2 is 2.14 bits per heavy atom. The summed E-state index contributed by atoms with van der Waals surface area (Å²) in [5.74, 6) is 1.15. The number of hydrogen-bond acceptors (Lipinski definition) is 6. The Labute approximate surface area is 128 Å². The molecular weight excluding hydrogens is 282 g/mol. The lowest BCUT2D eigenvalue weighted by Crippen LogP contribution is -2.38. The average molecular weight is 303 g/mol. The maximum Gasteiger partial charge on any atom is 0.266 e. The second-order valence-electron chi connectivity index (χ2n) is 5.93. The average Bonchev–Trinajstić information content (AvgIpc) is 3.05. The van der Waals surface area contributed by atoms with Crippen LogP contribution < -0.4 is 5.56 Å². The fraction of sp³-hybridized carbons (Fsp3) is 0.600. The summed E-state index contributed by atoms with van der Waals surface area (Å²) in [6.07, 6.45) is 3.52. The van der Waals surface area contributed by atoms with Gasteiger partial charge in [-0.05, 0) is 51.8 Å². The van der Waals surface area contributed by atoms with Crippen molar-refractivity contribution < 1.29 is 4.52 Å². The standard InChI is InChI=1S/C15H21N5O2/c1-11-3-4-14(21)20(18-11)9-13-5-7-19(8-6-13)12(2)15-16-10-17-22-15/h3-4,10,12-13H,5-9H2,1-2H3. The van der Waals surface area contributed by atoms with Gasteiger partial charge >= 0.3 is 0 Å². The number of piperidine rings is 1. The van der Waals surface area contributed by atoms with Crippen LogP contribution in [0.1, 0.15) is 37.4 Å². The second kappa shape index (κ2) is 6.39. The van der Waals surface area contributed by atoms with Gasteiger partial charge < -0.3 is 4.52 Å². The van der Waals surface area contributed by atoms with Crippen molar-refractivity contribution in [2.45, 2.75) is 39.3 Å². The zero-order valence-electron chi connectivity index (χ0n) is 13.0. The van der Waals surface area contributed by atoms with E-state index in [9.17, 15) is 4.79 Å². The predicted octanol–water partition coefficient (Wildman–Crippen LogP) is 1.41. The minimum atomic E-state index is -0.0211. The van der Waals surface area contributed by atoms with Crippen molar-refractivity contribution in [1.29, 1.82) is 0 Å². The van der Waals surface area contributed by atoms with Crippen molar-refractivity contribution in [2.24, 2.45) is 5.92 Å². The van der Waals surface area contributed by atoms with Gasteiger partial charge in [0.1, 0.15) is 0 Å². The van der Waals surface area contributed by atoms with Gasteiger partial charge in [0.25, 0.3) is 5.56 Å². The first-order chi connectivity index (χ1) is 10.6. The molecule has 0 bridgehead atoms. The van der Waals surface area contributed by atoms with E-state index in [0.29, 0.717) is 18.4 Å². The highest BCUT2D eigenvalue weighted by Gasteiger charge is 2.26. The molecule has 118 valence electrons. The molecule has 1 aliphatic rings. The second-order valence-corrected chi connectivity index (χ2v) is 5.93.